The number of ether oxygens (including phenoxy) is 3. The van der Waals surface area contributed by atoms with Gasteiger partial charge in [-0.3, -0.25) is 0 Å². The van der Waals surface area contributed by atoms with E-state index in [1.165, 1.54) is 31.3 Å². The Morgan fingerprint density at radius 2 is 0.818 bits per heavy atom. The monoisotopic (exact) mass is 478 g/mol. The molecular weight excluding hydrogens is 448 g/mol. The summed E-state index contributed by atoms with van der Waals surface area (Å²) in [4.78, 5) is 2.56. The fraction of sp³-hybridized carbons (Fsp3) is 0.286. The van der Waals surface area contributed by atoms with Crippen LogP contribution in [0.2, 0.25) is 0 Å². The van der Waals surface area contributed by atoms with Crippen molar-refractivity contribution < 1.29 is 14.2 Å². The van der Waals surface area contributed by atoms with E-state index in [0.29, 0.717) is 26.4 Å². The van der Waals surface area contributed by atoms with Gasteiger partial charge in [-0.1, -0.05) is 60.7 Å². The van der Waals surface area contributed by atoms with Crippen LogP contribution < -0.4 is 0 Å². The molecule has 4 rings (SSSR count). The third-order valence-corrected chi connectivity index (χ3v) is 7.09. The molecule has 0 atom stereocenters. The molecule has 5 heteroatoms. The predicted molar refractivity (Wildman–Crippen MR) is 142 cm³/mol. The summed E-state index contributed by atoms with van der Waals surface area (Å²) in [5.74, 6) is 1.88. The van der Waals surface area contributed by atoms with E-state index in [9.17, 15) is 0 Å². The number of hydrogen-bond donors (Lipinski definition) is 0. The minimum atomic E-state index is 0.607. The van der Waals surface area contributed by atoms with Gasteiger partial charge in [-0.25, -0.2) is 0 Å². The molecular formula is C28H30O3S2. The highest BCUT2D eigenvalue weighted by atomic mass is 32.2. The summed E-state index contributed by atoms with van der Waals surface area (Å²) in [7, 11) is 0. The molecule has 0 unspecified atom stereocenters. The average molecular weight is 479 g/mol. The van der Waals surface area contributed by atoms with Gasteiger partial charge < -0.3 is 14.2 Å². The number of rotatable bonds is 14. The van der Waals surface area contributed by atoms with Crippen molar-refractivity contribution in [2.75, 3.05) is 51.1 Å². The van der Waals surface area contributed by atoms with Crippen LogP contribution in [0.3, 0.4) is 0 Å². The molecule has 4 aromatic rings. The number of hydrogen-bond acceptors (Lipinski definition) is 5. The molecule has 0 saturated carbocycles. The summed E-state index contributed by atoms with van der Waals surface area (Å²) < 4.78 is 17.0. The predicted octanol–water partition coefficient (Wildman–Crippen LogP) is 6.93. The lowest BCUT2D eigenvalue weighted by Gasteiger charge is -2.08. The van der Waals surface area contributed by atoms with Crippen LogP contribution in [-0.4, -0.2) is 51.1 Å². The first-order valence-corrected chi connectivity index (χ1v) is 13.3. The Kier molecular flexibility index (Phi) is 9.96. The molecule has 0 amide bonds. The minimum Gasteiger partial charge on any atom is -0.378 e. The zero-order valence-corrected chi connectivity index (χ0v) is 20.4. The molecule has 0 aliphatic carbocycles. The van der Waals surface area contributed by atoms with Gasteiger partial charge in [0.2, 0.25) is 0 Å². The van der Waals surface area contributed by atoms with Crippen molar-refractivity contribution in [3.8, 4) is 0 Å². The third kappa shape index (κ3) is 8.05. The normalized spacial score (nSPS) is 11.4. The summed E-state index contributed by atoms with van der Waals surface area (Å²) in [6.45, 7) is 3.91. The molecule has 0 aromatic heterocycles. The molecule has 0 N–H and O–H groups in total. The van der Waals surface area contributed by atoms with Crippen LogP contribution in [0.4, 0.5) is 0 Å². The van der Waals surface area contributed by atoms with Crippen molar-refractivity contribution >= 4 is 45.1 Å². The van der Waals surface area contributed by atoms with Gasteiger partial charge in [0.15, 0.2) is 0 Å². The van der Waals surface area contributed by atoms with Crippen LogP contribution in [0.5, 0.6) is 0 Å². The molecule has 33 heavy (non-hydrogen) atoms. The van der Waals surface area contributed by atoms with E-state index < -0.39 is 0 Å². The van der Waals surface area contributed by atoms with Gasteiger partial charge in [-0.15, -0.1) is 23.5 Å². The maximum atomic E-state index is 5.68. The van der Waals surface area contributed by atoms with Gasteiger partial charge in [-0.2, -0.15) is 0 Å². The zero-order chi connectivity index (χ0) is 22.6. The minimum absolute atomic E-state index is 0.607. The van der Waals surface area contributed by atoms with Crippen LogP contribution >= 0.6 is 23.5 Å². The summed E-state index contributed by atoms with van der Waals surface area (Å²) in [5.41, 5.74) is 0. The zero-order valence-electron chi connectivity index (χ0n) is 18.8. The van der Waals surface area contributed by atoms with Crippen molar-refractivity contribution in [2.45, 2.75) is 9.79 Å². The Morgan fingerprint density at radius 1 is 0.424 bits per heavy atom. The highest BCUT2D eigenvalue weighted by Crippen LogP contribution is 2.24. The summed E-state index contributed by atoms with van der Waals surface area (Å²) in [6.07, 6.45) is 0. The largest absolute Gasteiger partial charge is 0.378 e. The molecule has 0 spiro atoms. The Morgan fingerprint density at radius 3 is 1.27 bits per heavy atom. The van der Waals surface area contributed by atoms with E-state index in [2.05, 4.69) is 84.9 Å². The molecule has 4 aromatic carbocycles. The molecule has 3 nitrogen and oxygen atoms in total. The molecule has 0 saturated heterocycles. The number of thioether (sulfide) groups is 2. The van der Waals surface area contributed by atoms with E-state index in [1.807, 2.05) is 23.5 Å². The highest BCUT2D eigenvalue weighted by molar-refractivity contribution is 7.99. The number of benzene rings is 4. The maximum absolute atomic E-state index is 5.68. The van der Waals surface area contributed by atoms with Crippen LogP contribution in [-0.2, 0) is 14.2 Å². The second-order valence-corrected chi connectivity index (χ2v) is 9.89. The van der Waals surface area contributed by atoms with E-state index in [4.69, 9.17) is 14.2 Å². The van der Waals surface area contributed by atoms with Gasteiger partial charge in [0.1, 0.15) is 0 Å². The van der Waals surface area contributed by atoms with Crippen LogP contribution in [0.1, 0.15) is 0 Å². The lowest BCUT2D eigenvalue weighted by Crippen LogP contribution is -2.11. The summed E-state index contributed by atoms with van der Waals surface area (Å²) in [5, 5.41) is 5.13. The van der Waals surface area contributed by atoms with Crippen molar-refractivity contribution in [1.82, 2.24) is 0 Å². The Hall–Kier alpha value is -2.02. The van der Waals surface area contributed by atoms with Crippen molar-refractivity contribution in [3.63, 3.8) is 0 Å². The fourth-order valence-electron chi connectivity index (χ4n) is 3.49. The first-order valence-electron chi connectivity index (χ1n) is 11.3. The Labute approximate surface area is 204 Å². The Bertz CT molecular complexity index is 1040. The quantitative estimate of drug-likeness (QED) is 0.145. The van der Waals surface area contributed by atoms with Crippen LogP contribution in [0.15, 0.2) is 94.7 Å². The lowest BCUT2D eigenvalue weighted by atomic mass is 10.1. The van der Waals surface area contributed by atoms with Gasteiger partial charge in [-0.05, 0) is 45.8 Å². The third-order valence-electron chi connectivity index (χ3n) is 5.18. The van der Waals surface area contributed by atoms with Crippen molar-refractivity contribution in [3.05, 3.63) is 84.9 Å². The summed E-state index contributed by atoms with van der Waals surface area (Å²) in [6, 6.07) is 30.1. The molecule has 0 bridgehead atoms. The average Bonchev–Trinajstić information content (AvgIpc) is 2.86. The highest BCUT2D eigenvalue weighted by Gasteiger charge is 1.99. The SMILES string of the molecule is c1ccc2cc(SCCOCCOCCOCCSc3ccc4ccccc4c3)ccc2c1. The first kappa shape index (κ1) is 24.1. The molecule has 0 aliphatic heterocycles. The van der Waals surface area contributed by atoms with Crippen molar-refractivity contribution in [1.29, 1.82) is 0 Å². The van der Waals surface area contributed by atoms with Gasteiger partial charge >= 0.3 is 0 Å². The smallest absolute Gasteiger partial charge is 0.0701 e. The van der Waals surface area contributed by atoms with Gasteiger partial charge in [0, 0.05) is 21.3 Å². The van der Waals surface area contributed by atoms with E-state index in [-0.39, 0.29) is 0 Å². The fourth-order valence-corrected chi connectivity index (χ4v) is 5.12. The topological polar surface area (TPSA) is 27.7 Å². The molecule has 0 heterocycles. The second kappa shape index (κ2) is 13.6. The van der Waals surface area contributed by atoms with E-state index in [0.717, 1.165) is 24.7 Å². The summed E-state index contributed by atoms with van der Waals surface area (Å²) >= 11 is 3.65. The number of fused-ring (bicyclic) bond motifs is 2. The van der Waals surface area contributed by atoms with Crippen LogP contribution in [0, 0.1) is 0 Å². The van der Waals surface area contributed by atoms with Gasteiger partial charge in [0.05, 0.1) is 39.6 Å². The molecule has 0 aliphatic rings. The maximum Gasteiger partial charge on any atom is 0.0701 e. The van der Waals surface area contributed by atoms with E-state index in [1.54, 1.807) is 0 Å². The second-order valence-electron chi connectivity index (χ2n) is 7.55. The lowest BCUT2D eigenvalue weighted by molar-refractivity contribution is 0.0205. The van der Waals surface area contributed by atoms with Gasteiger partial charge in [0.25, 0.3) is 0 Å². The first-order chi connectivity index (χ1) is 16.4. The van der Waals surface area contributed by atoms with Crippen LogP contribution in [0.25, 0.3) is 21.5 Å². The molecule has 0 radical (unpaired) electrons. The molecule has 0 fully saturated rings. The van der Waals surface area contributed by atoms with E-state index >= 15 is 0 Å². The Balaban J connectivity index is 0.967. The molecule has 172 valence electrons. The standard InChI is InChI=1S/C28H30O3S2/c1-3-7-25-21-27(11-9-23(25)5-1)32-19-17-30-15-13-29-14-16-31-18-20-33-28-12-10-24-6-2-4-8-26(24)22-28/h1-12,21-22H,13-20H2. The van der Waals surface area contributed by atoms with Crippen molar-refractivity contribution in [2.24, 2.45) is 0 Å².